The molecule has 0 amide bonds. The lowest BCUT2D eigenvalue weighted by molar-refractivity contribution is 0.0439. The van der Waals surface area contributed by atoms with Gasteiger partial charge in [0, 0.05) is 19.3 Å². The summed E-state index contributed by atoms with van der Waals surface area (Å²) in [4.78, 5) is 0. The van der Waals surface area contributed by atoms with Crippen LogP contribution >= 0.6 is 0 Å². The van der Waals surface area contributed by atoms with E-state index in [1.807, 2.05) is 20.8 Å². The topological polar surface area (TPSA) is 41.5 Å². The lowest BCUT2D eigenvalue weighted by atomic mass is 10.00. The zero-order valence-corrected chi connectivity index (χ0v) is 9.55. The van der Waals surface area contributed by atoms with Gasteiger partial charge in [-0.05, 0) is 46.1 Å². The normalized spacial score (nSPS) is 25.3. The molecule has 1 aliphatic heterocycles. The molecule has 1 saturated heterocycles. The molecule has 2 unspecified atom stereocenters. The van der Waals surface area contributed by atoms with Crippen LogP contribution in [0.1, 0.15) is 33.6 Å². The number of nitrogens with one attached hydrogen (secondary N) is 1. The van der Waals surface area contributed by atoms with Crippen molar-refractivity contribution in [3.8, 4) is 0 Å². The first kappa shape index (κ1) is 12.0. The molecule has 0 radical (unpaired) electrons. The van der Waals surface area contributed by atoms with Crippen molar-refractivity contribution in [1.82, 2.24) is 5.32 Å². The Morgan fingerprint density at radius 1 is 1.57 bits per heavy atom. The minimum absolute atomic E-state index is 0.143. The van der Waals surface area contributed by atoms with Crippen LogP contribution in [0.2, 0.25) is 0 Å². The van der Waals surface area contributed by atoms with Crippen molar-refractivity contribution in [2.45, 2.75) is 45.3 Å². The van der Waals surface area contributed by atoms with Crippen LogP contribution < -0.4 is 5.32 Å². The van der Waals surface area contributed by atoms with Gasteiger partial charge in [-0.15, -0.1) is 0 Å². The fraction of sp³-hybridized carbons (Fsp3) is 1.00. The molecule has 0 bridgehead atoms. The fourth-order valence-electron chi connectivity index (χ4n) is 1.56. The highest BCUT2D eigenvalue weighted by molar-refractivity contribution is 4.79. The molecular formula is C11H23NO2. The van der Waals surface area contributed by atoms with Crippen LogP contribution in [0.25, 0.3) is 0 Å². The van der Waals surface area contributed by atoms with Crippen LogP contribution in [0.4, 0.5) is 0 Å². The zero-order valence-electron chi connectivity index (χ0n) is 9.55. The monoisotopic (exact) mass is 201 g/mol. The zero-order chi connectivity index (χ0) is 10.6. The third kappa shape index (κ3) is 3.95. The van der Waals surface area contributed by atoms with Gasteiger partial charge in [-0.2, -0.15) is 0 Å². The van der Waals surface area contributed by atoms with E-state index >= 15 is 0 Å². The first-order valence-corrected chi connectivity index (χ1v) is 5.53. The van der Waals surface area contributed by atoms with Crippen molar-refractivity contribution in [3.63, 3.8) is 0 Å². The molecular weight excluding hydrogens is 178 g/mol. The Labute approximate surface area is 86.8 Å². The molecule has 0 saturated carbocycles. The lowest BCUT2D eigenvalue weighted by Crippen LogP contribution is -2.45. The van der Waals surface area contributed by atoms with Gasteiger partial charge in [0.15, 0.2) is 0 Å². The Kier molecular flexibility index (Phi) is 4.35. The van der Waals surface area contributed by atoms with E-state index in [2.05, 4.69) is 5.32 Å². The van der Waals surface area contributed by atoms with Crippen LogP contribution in [0.5, 0.6) is 0 Å². The van der Waals surface area contributed by atoms with Crippen LogP contribution in [-0.4, -0.2) is 36.5 Å². The molecule has 0 aromatic carbocycles. The highest BCUT2D eigenvalue weighted by atomic mass is 16.5. The largest absolute Gasteiger partial charge is 0.389 e. The first-order chi connectivity index (χ1) is 6.50. The molecule has 2 atom stereocenters. The van der Waals surface area contributed by atoms with E-state index in [-0.39, 0.29) is 6.04 Å². The van der Waals surface area contributed by atoms with Gasteiger partial charge in [0.25, 0.3) is 0 Å². The second-order valence-electron chi connectivity index (χ2n) is 4.85. The Balaban J connectivity index is 2.08. The quantitative estimate of drug-likeness (QED) is 0.701. The van der Waals surface area contributed by atoms with Gasteiger partial charge in [0.05, 0.1) is 5.60 Å². The summed E-state index contributed by atoms with van der Waals surface area (Å²) in [6.07, 6.45) is 2.35. The Morgan fingerprint density at radius 2 is 2.29 bits per heavy atom. The van der Waals surface area contributed by atoms with Crippen LogP contribution in [0, 0.1) is 5.92 Å². The maximum atomic E-state index is 9.69. The second-order valence-corrected chi connectivity index (χ2v) is 4.85. The van der Waals surface area contributed by atoms with Crippen molar-refractivity contribution < 1.29 is 9.84 Å². The molecule has 3 nitrogen and oxygen atoms in total. The Hall–Kier alpha value is -0.120. The standard InChI is InChI=1S/C11H23NO2/c1-9(11(2,3)13)12-6-4-10-5-7-14-8-10/h9-10,12-13H,4-8H2,1-3H3. The summed E-state index contributed by atoms with van der Waals surface area (Å²) < 4.78 is 5.30. The average Bonchev–Trinajstić information content (AvgIpc) is 2.55. The van der Waals surface area contributed by atoms with E-state index in [4.69, 9.17) is 4.74 Å². The lowest BCUT2D eigenvalue weighted by Gasteiger charge is -2.27. The molecule has 1 rings (SSSR count). The molecule has 0 aromatic rings. The molecule has 0 aromatic heterocycles. The van der Waals surface area contributed by atoms with Gasteiger partial charge in [-0.1, -0.05) is 0 Å². The summed E-state index contributed by atoms with van der Waals surface area (Å²) in [6, 6.07) is 0.143. The number of hydrogen-bond donors (Lipinski definition) is 2. The van der Waals surface area contributed by atoms with Crippen molar-refractivity contribution in [2.75, 3.05) is 19.8 Å². The molecule has 84 valence electrons. The summed E-state index contributed by atoms with van der Waals surface area (Å²) in [7, 11) is 0. The highest BCUT2D eigenvalue weighted by Crippen LogP contribution is 2.15. The molecule has 1 heterocycles. The van der Waals surface area contributed by atoms with Crippen molar-refractivity contribution in [1.29, 1.82) is 0 Å². The summed E-state index contributed by atoms with van der Waals surface area (Å²) in [5.74, 6) is 0.719. The smallest absolute Gasteiger partial charge is 0.0741 e. The molecule has 2 N–H and O–H groups in total. The minimum Gasteiger partial charge on any atom is -0.389 e. The summed E-state index contributed by atoms with van der Waals surface area (Å²) in [5, 5.41) is 13.0. The third-order valence-corrected chi connectivity index (χ3v) is 3.09. The Morgan fingerprint density at radius 3 is 2.79 bits per heavy atom. The number of hydrogen-bond acceptors (Lipinski definition) is 3. The Bertz CT molecular complexity index is 159. The third-order valence-electron chi connectivity index (χ3n) is 3.09. The second kappa shape index (κ2) is 5.10. The summed E-state index contributed by atoms with van der Waals surface area (Å²) in [5.41, 5.74) is -0.633. The van der Waals surface area contributed by atoms with Crippen LogP contribution in [0.3, 0.4) is 0 Å². The van der Waals surface area contributed by atoms with Crippen LogP contribution in [-0.2, 0) is 4.74 Å². The van der Waals surface area contributed by atoms with Gasteiger partial charge in [-0.3, -0.25) is 0 Å². The SMILES string of the molecule is CC(NCCC1CCOC1)C(C)(C)O. The molecule has 0 aliphatic carbocycles. The van der Waals surface area contributed by atoms with Crippen LogP contribution in [0.15, 0.2) is 0 Å². The minimum atomic E-state index is -0.633. The molecule has 1 fully saturated rings. The predicted octanol–water partition coefficient (Wildman–Crippen LogP) is 1.16. The summed E-state index contributed by atoms with van der Waals surface area (Å²) in [6.45, 7) is 8.50. The van der Waals surface area contributed by atoms with E-state index in [9.17, 15) is 5.11 Å². The van der Waals surface area contributed by atoms with E-state index in [0.717, 1.165) is 32.1 Å². The van der Waals surface area contributed by atoms with E-state index in [0.29, 0.717) is 0 Å². The van der Waals surface area contributed by atoms with Gasteiger partial charge in [0.1, 0.15) is 0 Å². The average molecular weight is 201 g/mol. The van der Waals surface area contributed by atoms with Crippen molar-refractivity contribution in [3.05, 3.63) is 0 Å². The van der Waals surface area contributed by atoms with Gasteiger partial charge < -0.3 is 15.2 Å². The van der Waals surface area contributed by atoms with E-state index < -0.39 is 5.60 Å². The molecule has 0 spiro atoms. The fourth-order valence-corrected chi connectivity index (χ4v) is 1.56. The van der Waals surface area contributed by atoms with Gasteiger partial charge in [-0.25, -0.2) is 0 Å². The highest BCUT2D eigenvalue weighted by Gasteiger charge is 2.22. The first-order valence-electron chi connectivity index (χ1n) is 5.53. The van der Waals surface area contributed by atoms with Gasteiger partial charge in [0.2, 0.25) is 0 Å². The number of rotatable bonds is 5. The van der Waals surface area contributed by atoms with E-state index in [1.165, 1.54) is 6.42 Å². The number of ether oxygens (including phenoxy) is 1. The van der Waals surface area contributed by atoms with Crippen molar-refractivity contribution >= 4 is 0 Å². The molecule has 3 heteroatoms. The predicted molar refractivity (Wildman–Crippen MR) is 57.3 cm³/mol. The molecule has 1 aliphatic rings. The van der Waals surface area contributed by atoms with Gasteiger partial charge >= 0.3 is 0 Å². The number of aliphatic hydroxyl groups is 1. The maximum absolute atomic E-state index is 9.69. The molecule has 14 heavy (non-hydrogen) atoms. The van der Waals surface area contributed by atoms with E-state index in [1.54, 1.807) is 0 Å². The van der Waals surface area contributed by atoms with Crippen molar-refractivity contribution in [2.24, 2.45) is 5.92 Å². The summed E-state index contributed by atoms with van der Waals surface area (Å²) >= 11 is 0. The maximum Gasteiger partial charge on any atom is 0.0741 e.